The number of aliphatic hydroxyl groups excluding tert-OH is 3. The summed E-state index contributed by atoms with van der Waals surface area (Å²) in [7, 11) is 0. The molecular weight excluding hydrogens is 632 g/mol. The highest BCUT2D eigenvalue weighted by atomic mass is 16.8. The van der Waals surface area contributed by atoms with Crippen LogP contribution >= 0.6 is 0 Å². The van der Waals surface area contributed by atoms with E-state index in [9.17, 15) is 39.6 Å². The van der Waals surface area contributed by atoms with E-state index in [-0.39, 0.29) is 6.10 Å². The number of carbonyl (C=O) groups excluding carboxylic acids is 4. The van der Waals surface area contributed by atoms with Gasteiger partial charge in [0, 0.05) is 55.3 Å². The molecule has 3 saturated heterocycles. The number of epoxide rings is 2. The monoisotopic (exact) mass is 678 g/mol. The van der Waals surface area contributed by atoms with Crippen LogP contribution < -0.4 is 0 Å². The quantitative estimate of drug-likeness (QED) is 0.174. The number of ether oxygens (including phenoxy) is 6. The molecule has 0 bridgehead atoms. The fourth-order valence-electron chi connectivity index (χ4n) is 13.1. The molecule has 4 N–H and O–H groups in total. The molecule has 0 radical (unpaired) electrons. The SMILES string of the molecule is CC(=O)O[C@H]1[C@H]2[C@@H]([C@@H](O)[C@@H](O)[C@H]3C[C@@H]4O[C@@H]4[C@H](OC(C)=O)[C@]23C)[C@@H]2[C@@H](O)[C@@H]3[C@H]([C@H](C)[C@H]4O[C@]45OC(=O)[C@@](C)(O)[C@]35C)[C@@]2(C)[C@H]1OC(C)=O. The second-order valence-electron chi connectivity index (χ2n) is 16.7. The first-order valence-corrected chi connectivity index (χ1v) is 17.1. The lowest BCUT2D eigenvalue weighted by Crippen LogP contribution is -2.75. The Morgan fingerprint density at radius 3 is 2.00 bits per heavy atom. The zero-order chi connectivity index (χ0) is 35.0. The molecule has 3 aliphatic heterocycles. The molecule has 0 unspecified atom stereocenters. The molecule has 5 aliphatic carbocycles. The van der Waals surface area contributed by atoms with E-state index in [0.29, 0.717) is 6.42 Å². The lowest BCUT2D eigenvalue weighted by molar-refractivity contribution is -0.300. The van der Waals surface area contributed by atoms with Crippen molar-refractivity contribution in [3.05, 3.63) is 0 Å². The van der Waals surface area contributed by atoms with Crippen molar-refractivity contribution < 1.29 is 68.0 Å². The molecule has 3 heterocycles. The van der Waals surface area contributed by atoms with Crippen LogP contribution in [0.15, 0.2) is 0 Å². The average molecular weight is 679 g/mol. The Bertz CT molecular complexity index is 1500. The Morgan fingerprint density at radius 2 is 1.40 bits per heavy atom. The van der Waals surface area contributed by atoms with E-state index < -0.39 is 142 Å². The molecule has 0 aromatic rings. The Balaban J connectivity index is 1.38. The highest BCUT2D eigenvalue weighted by Crippen LogP contribution is 2.80. The van der Waals surface area contributed by atoms with E-state index >= 15 is 0 Å². The van der Waals surface area contributed by atoms with Gasteiger partial charge in [0.2, 0.25) is 5.79 Å². The zero-order valence-corrected chi connectivity index (χ0v) is 28.3. The summed E-state index contributed by atoms with van der Waals surface area (Å²) in [5, 5.41) is 48.9. The minimum absolute atomic E-state index is 0.318. The molecule has 8 aliphatic rings. The van der Waals surface area contributed by atoms with Crippen LogP contribution in [0.1, 0.15) is 61.8 Å². The van der Waals surface area contributed by atoms with Crippen LogP contribution in [0.4, 0.5) is 0 Å². The van der Waals surface area contributed by atoms with Gasteiger partial charge in [0.05, 0.1) is 29.8 Å². The van der Waals surface area contributed by atoms with E-state index in [1.54, 1.807) is 6.92 Å². The summed E-state index contributed by atoms with van der Waals surface area (Å²) in [5.74, 6) is -9.82. The van der Waals surface area contributed by atoms with E-state index in [1.807, 2.05) is 20.8 Å². The molecule has 1 spiro atoms. The highest BCUT2D eigenvalue weighted by molar-refractivity contribution is 5.84. The molecule has 0 amide bonds. The van der Waals surface area contributed by atoms with Gasteiger partial charge in [0.25, 0.3) is 0 Å². The van der Waals surface area contributed by atoms with Crippen molar-refractivity contribution >= 4 is 23.9 Å². The predicted octanol–water partition coefficient (Wildman–Crippen LogP) is -0.155. The summed E-state index contributed by atoms with van der Waals surface area (Å²) >= 11 is 0. The van der Waals surface area contributed by atoms with Crippen LogP contribution in [0.5, 0.6) is 0 Å². The molecule has 14 nitrogen and oxygen atoms in total. The summed E-state index contributed by atoms with van der Waals surface area (Å²) in [6.45, 7) is 12.3. The van der Waals surface area contributed by atoms with Crippen LogP contribution in [0.25, 0.3) is 0 Å². The number of carbonyl (C=O) groups is 4. The third-order valence-electron chi connectivity index (χ3n) is 14.9. The molecule has 8 fully saturated rings. The normalized spacial score (nSPS) is 61.1. The second-order valence-corrected chi connectivity index (χ2v) is 16.7. The minimum atomic E-state index is -2.09. The van der Waals surface area contributed by atoms with Gasteiger partial charge in [-0.25, -0.2) is 4.79 Å². The maximum atomic E-state index is 13.3. The van der Waals surface area contributed by atoms with E-state index in [0.717, 1.165) is 0 Å². The molecule has 21 atom stereocenters. The summed E-state index contributed by atoms with van der Waals surface area (Å²) in [6.07, 6.45) is -8.66. The number of hydrogen-bond acceptors (Lipinski definition) is 14. The Morgan fingerprint density at radius 1 is 0.792 bits per heavy atom. The van der Waals surface area contributed by atoms with Crippen molar-refractivity contribution in [1.82, 2.24) is 0 Å². The first-order chi connectivity index (χ1) is 22.2. The topological polar surface area (TPSA) is 211 Å². The number of aliphatic hydroxyl groups is 4. The van der Waals surface area contributed by atoms with E-state index in [2.05, 4.69) is 0 Å². The van der Waals surface area contributed by atoms with Crippen molar-refractivity contribution in [3.63, 3.8) is 0 Å². The van der Waals surface area contributed by atoms with Gasteiger partial charge in [-0.05, 0) is 38.0 Å². The maximum Gasteiger partial charge on any atom is 0.341 e. The lowest BCUT2D eigenvalue weighted by Gasteiger charge is -2.66. The molecule has 48 heavy (non-hydrogen) atoms. The third-order valence-corrected chi connectivity index (χ3v) is 14.9. The van der Waals surface area contributed by atoms with Gasteiger partial charge in [-0.1, -0.05) is 20.8 Å². The van der Waals surface area contributed by atoms with Gasteiger partial charge < -0.3 is 48.8 Å². The first kappa shape index (κ1) is 32.8. The van der Waals surface area contributed by atoms with Gasteiger partial charge >= 0.3 is 23.9 Å². The molecule has 8 rings (SSSR count). The van der Waals surface area contributed by atoms with E-state index in [1.165, 1.54) is 27.7 Å². The number of esters is 4. The zero-order valence-electron chi connectivity index (χ0n) is 28.3. The minimum Gasteiger partial charge on any atom is -0.459 e. The van der Waals surface area contributed by atoms with Crippen molar-refractivity contribution in [2.45, 2.75) is 128 Å². The summed E-state index contributed by atoms with van der Waals surface area (Å²) < 4.78 is 36.2. The Labute approximate surface area is 277 Å². The van der Waals surface area contributed by atoms with Gasteiger partial charge in [0.1, 0.15) is 30.5 Å². The van der Waals surface area contributed by atoms with Gasteiger partial charge in [0.15, 0.2) is 5.60 Å². The molecular formula is C34H46O14. The number of rotatable bonds is 3. The predicted molar refractivity (Wildman–Crippen MR) is 157 cm³/mol. The molecule has 0 aromatic heterocycles. The van der Waals surface area contributed by atoms with Crippen molar-refractivity contribution in [2.75, 3.05) is 0 Å². The molecule has 0 aromatic carbocycles. The largest absolute Gasteiger partial charge is 0.459 e. The van der Waals surface area contributed by atoms with Gasteiger partial charge in [-0.3, -0.25) is 14.4 Å². The smallest absolute Gasteiger partial charge is 0.341 e. The number of hydrogen-bond donors (Lipinski definition) is 4. The van der Waals surface area contributed by atoms with Gasteiger partial charge in [-0.15, -0.1) is 0 Å². The first-order valence-electron chi connectivity index (χ1n) is 17.1. The van der Waals surface area contributed by atoms with Crippen molar-refractivity contribution in [3.8, 4) is 0 Å². The van der Waals surface area contributed by atoms with Crippen LogP contribution in [-0.2, 0) is 47.6 Å². The highest BCUT2D eigenvalue weighted by Gasteiger charge is 2.93. The number of fused-ring (bicyclic) bond motifs is 9. The van der Waals surface area contributed by atoms with Crippen LogP contribution in [0, 0.1) is 57.7 Å². The Hall–Kier alpha value is -2.36. The van der Waals surface area contributed by atoms with Crippen LogP contribution in [0.2, 0.25) is 0 Å². The van der Waals surface area contributed by atoms with Gasteiger partial charge in [-0.2, -0.15) is 0 Å². The second kappa shape index (κ2) is 9.49. The summed E-state index contributed by atoms with van der Waals surface area (Å²) in [6, 6.07) is 0. The summed E-state index contributed by atoms with van der Waals surface area (Å²) in [5.41, 5.74) is -6.05. The lowest BCUT2D eigenvalue weighted by atomic mass is 9.40. The fourth-order valence-corrected chi connectivity index (χ4v) is 13.1. The third kappa shape index (κ3) is 3.45. The molecule has 5 saturated carbocycles. The molecule has 266 valence electrons. The van der Waals surface area contributed by atoms with Crippen molar-refractivity contribution in [2.24, 2.45) is 57.7 Å². The van der Waals surface area contributed by atoms with Crippen molar-refractivity contribution in [1.29, 1.82) is 0 Å². The summed E-state index contributed by atoms with van der Waals surface area (Å²) in [4.78, 5) is 51.9. The van der Waals surface area contributed by atoms with E-state index in [4.69, 9.17) is 28.4 Å². The maximum absolute atomic E-state index is 13.3. The molecule has 14 heteroatoms. The fraction of sp³-hybridized carbons (Fsp3) is 0.882. The van der Waals surface area contributed by atoms with Crippen LogP contribution in [-0.4, -0.2) is 111 Å². The van der Waals surface area contributed by atoms with Crippen LogP contribution in [0.3, 0.4) is 0 Å². The standard InChI is InChI=1S/C34H46O14/c1-10-17-20(32(7)33(8,42)29(41)48-34(32)26(10)47-34)23(40)18-16-19(25(43-11(2)35)28(31(17,18)6)45-13(4)37)30(5)14(21(38)22(16)39)9-15-24(46-15)27(30)44-12(3)36/h10,14-28,38-40,42H,9H2,1-8H3/t10-,14+,15-,16-,17-,18+,19+,20-,21-,22+,23+,24-,25-,26+,27-,28-,30-,31+,32-,33+,34-/m0/s1. The Kier molecular flexibility index (Phi) is 6.49. The average Bonchev–Trinajstić information content (AvgIpc) is 3.88.